The second-order valence-corrected chi connectivity index (χ2v) is 7.43. The third kappa shape index (κ3) is 3.99. The van der Waals surface area contributed by atoms with Crippen LogP contribution in [-0.4, -0.2) is 46.5 Å². The molecule has 0 spiro atoms. The summed E-state index contributed by atoms with van der Waals surface area (Å²) >= 11 is 1.50. The number of amides is 2. The van der Waals surface area contributed by atoms with Crippen molar-refractivity contribution >= 4 is 40.3 Å². The number of benzene rings is 2. The largest absolute Gasteiger partial charge is 0.479 e. The van der Waals surface area contributed by atoms with E-state index >= 15 is 0 Å². The van der Waals surface area contributed by atoms with Crippen LogP contribution in [0.3, 0.4) is 0 Å². The average molecular weight is 372 g/mol. The highest BCUT2D eigenvalue weighted by Gasteiger charge is 2.43. The molecule has 0 bridgehead atoms. The second kappa shape index (κ2) is 7.78. The summed E-state index contributed by atoms with van der Waals surface area (Å²) in [6.07, 6.45) is 0.553. The van der Waals surface area contributed by atoms with Crippen LogP contribution < -0.4 is 10.6 Å². The molecule has 1 atom stereocenters. The number of aliphatic carboxylic acids is 1. The van der Waals surface area contributed by atoms with Crippen LogP contribution in [0.2, 0.25) is 0 Å². The molecule has 1 aliphatic heterocycles. The summed E-state index contributed by atoms with van der Waals surface area (Å²) < 4.78 is 0. The average Bonchev–Trinajstić information content (AvgIpc) is 3.10. The van der Waals surface area contributed by atoms with E-state index in [1.54, 1.807) is 0 Å². The van der Waals surface area contributed by atoms with E-state index in [9.17, 15) is 19.5 Å². The highest BCUT2D eigenvalue weighted by Crippen LogP contribution is 2.28. The van der Waals surface area contributed by atoms with Crippen molar-refractivity contribution in [2.45, 2.75) is 18.4 Å². The van der Waals surface area contributed by atoms with Gasteiger partial charge in [-0.15, -0.1) is 0 Å². The first-order valence-electron chi connectivity index (χ1n) is 8.36. The van der Waals surface area contributed by atoms with Gasteiger partial charge in [0.05, 0.1) is 13.0 Å². The Hall–Kier alpha value is -2.54. The quantitative estimate of drug-likeness (QED) is 0.715. The zero-order valence-electron chi connectivity index (χ0n) is 14.2. The number of hydrogen-bond acceptors (Lipinski definition) is 4. The Balaban J connectivity index is 1.57. The molecular formula is C19H20N2O4S. The Bertz CT molecular complexity index is 841. The van der Waals surface area contributed by atoms with Gasteiger partial charge in [0.15, 0.2) is 0 Å². The lowest BCUT2D eigenvalue weighted by molar-refractivity contribution is -0.146. The van der Waals surface area contributed by atoms with Crippen molar-refractivity contribution in [3.05, 3.63) is 48.0 Å². The maximum absolute atomic E-state index is 12.2. The van der Waals surface area contributed by atoms with E-state index in [1.807, 2.05) is 42.5 Å². The Morgan fingerprint density at radius 1 is 1.08 bits per heavy atom. The molecule has 3 N–H and O–H groups in total. The van der Waals surface area contributed by atoms with Gasteiger partial charge < -0.3 is 15.7 Å². The first-order chi connectivity index (χ1) is 12.5. The lowest BCUT2D eigenvalue weighted by Crippen LogP contribution is -2.56. The molecule has 2 aromatic carbocycles. The normalized spacial score (nSPS) is 19.2. The molecule has 3 rings (SSSR count). The summed E-state index contributed by atoms with van der Waals surface area (Å²) in [6, 6.07) is 13.6. The predicted octanol–water partition coefficient (Wildman–Crippen LogP) is 1.57. The van der Waals surface area contributed by atoms with Crippen LogP contribution in [0, 0.1) is 0 Å². The first kappa shape index (κ1) is 18.3. The number of thioether (sulfide) groups is 1. The highest BCUT2D eigenvalue weighted by atomic mass is 32.2. The van der Waals surface area contributed by atoms with Crippen molar-refractivity contribution in [1.29, 1.82) is 0 Å². The molecule has 136 valence electrons. The Morgan fingerprint density at radius 2 is 1.85 bits per heavy atom. The van der Waals surface area contributed by atoms with Crippen molar-refractivity contribution in [3.8, 4) is 0 Å². The molecule has 1 fully saturated rings. The molecule has 1 heterocycles. The summed E-state index contributed by atoms with van der Waals surface area (Å²) in [5, 5.41) is 16.6. The van der Waals surface area contributed by atoms with Crippen LogP contribution in [-0.2, 0) is 20.8 Å². The van der Waals surface area contributed by atoms with Gasteiger partial charge in [0.25, 0.3) is 0 Å². The van der Waals surface area contributed by atoms with E-state index in [2.05, 4.69) is 10.6 Å². The predicted molar refractivity (Wildman–Crippen MR) is 101 cm³/mol. The topological polar surface area (TPSA) is 95.5 Å². The molecule has 7 heteroatoms. The lowest BCUT2D eigenvalue weighted by Gasteiger charge is -2.24. The molecular weight excluding hydrogens is 352 g/mol. The summed E-state index contributed by atoms with van der Waals surface area (Å²) in [5.74, 6) is -0.751. The third-order valence-corrected chi connectivity index (χ3v) is 5.68. The third-order valence-electron chi connectivity index (χ3n) is 4.49. The van der Waals surface area contributed by atoms with Crippen LogP contribution in [0.5, 0.6) is 0 Å². The molecule has 0 aliphatic carbocycles. The number of hydrogen-bond donors (Lipinski definition) is 3. The molecule has 1 aliphatic rings. The number of carbonyl (C=O) groups is 3. The molecule has 2 aromatic rings. The molecule has 2 amide bonds. The van der Waals surface area contributed by atoms with Crippen LogP contribution in [0.4, 0.5) is 0 Å². The summed E-state index contributed by atoms with van der Waals surface area (Å²) in [4.78, 5) is 35.7. The van der Waals surface area contributed by atoms with Crippen molar-refractivity contribution in [2.24, 2.45) is 0 Å². The molecule has 26 heavy (non-hydrogen) atoms. The van der Waals surface area contributed by atoms with Crippen LogP contribution in [0.1, 0.15) is 12.0 Å². The van der Waals surface area contributed by atoms with Crippen molar-refractivity contribution in [3.63, 3.8) is 0 Å². The van der Waals surface area contributed by atoms with E-state index in [4.69, 9.17) is 0 Å². The number of carbonyl (C=O) groups excluding carboxylic acids is 2. The summed E-state index contributed by atoms with van der Waals surface area (Å²) in [6.45, 7) is -0.233. The molecule has 1 saturated heterocycles. The zero-order valence-corrected chi connectivity index (χ0v) is 15.0. The Labute approximate surface area is 155 Å². The highest BCUT2D eigenvalue weighted by molar-refractivity contribution is 7.99. The van der Waals surface area contributed by atoms with E-state index in [0.29, 0.717) is 17.9 Å². The standard InChI is InChI=1S/C19H20N2O4S/c22-16(10-14-6-3-5-13-4-1-2-7-15(13)14)20-11-17(23)21-19(18(24)25)8-9-26-12-19/h1-7H,8-12H2,(H,20,22)(H,21,23)(H,24,25). The lowest BCUT2D eigenvalue weighted by atomic mass is 9.99. The smallest absolute Gasteiger partial charge is 0.330 e. The maximum Gasteiger partial charge on any atom is 0.330 e. The van der Waals surface area contributed by atoms with Crippen molar-refractivity contribution in [1.82, 2.24) is 10.6 Å². The van der Waals surface area contributed by atoms with E-state index in [-0.39, 0.29) is 18.9 Å². The van der Waals surface area contributed by atoms with Gasteiger partial charge >= 0.3 is 5.97 Å². The minimum atomic E-state index is -1.22. The number of fused-ring (bicyclic) bond motifs is 1. The van der Waals surface area contributed by atoms with Gasteiger partial charge in [-0.1, -0.05) is 42.5 Å². The Kier molecular flexibility index (Phi) is 5.46. The van der Waals surface area contributed by atoms with Crippen molar-refractivity contribution < 1.29 is 19.5 Å². The number of nitrogens with one attached hydrogen (secondary N) is 2. The first-order valence-corrected chi connectivity index (χ1v) is 9.51. The van der Waals surface area contributed by atoms with Gasteiger partial charge in [-0.25, -0.2) is 4.79 Å². The molecule has 0 aromatic heterocycles. The fourth-order valence-corrected chi connectivity index (χ4v) is 4.38. The summed E-state index contributed by atoms with van der Waals surface area (Å²) in [7, 11) is 0. The van der Waals surface area contributed by atoms with Crippen LogP contribution >= 0.6 is 11.8 Å². The monoisotopic (exact) mass is 372 g/mol. The fourth-order valence-electron chi connectivity index (χ4n) is 3.06. The van der Waals surface area contributed by atoms with Crippen LogP contribution in [0.15, 0.2) is 42.5 Å². The van der Waals surface area contributed by atoms with E-state index in [1.165, 1.54) is 11.8 Å². The Morgan fingerprint density at radius 3 is 2.58 bits per heavy atom. The molecule has 0 saturated carbocycles. The minimum Gasteiger partial charge on any atom is -0.479 e. The van der Waals surface area contributed by atoms with Crippen molar-refractivity contribution in [2.75, 3.05) is 18.1 Å². The summed E-state index contributed by atoms with van der Waals surface area (Å²) in [5.41, 5.74) is -0.336. The number of carboxylic acids is 1. The van der Waals surface area contributed by atoms with Gasteiger partial charge in [0.2, 0.25) is 11.8 Å². The van der Waals surface area contributed by atoms with Crippen LogP contribution in [0.25, 0.3) is 10.8 Å². The van der Waals surface area contributed by atoms with E-state index < -0.39 is 17.4 Å². The fraction of sp³-hybridized carbons (Fsp3) is 0.316. The van der Waals surface area contributed by atoms with Gasteiger partial charge in [0, 0.05) is 5.75 Å². The number of carboxylic acid groups (broad SMARTS) is 1. The van der Waals surface area contributed by atoms with Gasteiger partial charge in [-0.3, -0.25) is 9.59 Å². The SMILES string of the molecule is O=C(Cc1cccc2ccccc12)NCC(=O)NC1(C(=O)O)CCSC1. The number of rotatable bonds is 6. The second-order valence-electron chi connectivity index (χ2n) is 6.33. The minimum absolute atomic E-state index is 0.161. The zero-order chi connectivity index (χ0) is 18.6. The van der Waals surface area contributed by atoms with Gasteiger partial charge in [-0.2, -0.15) is 11.8 Å². The van der Waals surface area contributed by atoms with Gasteiger partial charge in [-0.05, 0) is 28.5 Å². The molecule has 0 radical (unpaired) electrons. The molecule has 1 unspecified atom stereocenters. The maximum atomic E-state index is 12.2. The van der Waals surface area contributed by atoms with E-state index in [0.717, 1.165) is 16.3 Å². The van der Waals surface area contributed by atoms with Gasteiger partial charge in [0.1, 0.15) is 5.54 Å². The molecule has 6 nitrogen and oxygen atoms in total.